The lowest BCUT2D eigenvalue weighted by Gasteiger charge is -2.31. The summed E-state index contributed by atoms with van der Waals surface area (Å²) >= 11 is 0. The molecule has 16 heteroatoms. The van der Waals surface area contributed by atoms with E-state index >= 15 is 4.39 Å². The van der Waals surface area contributed by atoms with E-state index in [1.54, 1.807) is 5.32 Å². The van der Waals surface area contributed by atoms with Crippen LogP contribution < -0.4 is 10.2 Å². The summed E-state index contributed by atoms with van der Waals surface area (Å²) in [5.74, 6) is -4.67. The van der Waals surface area contributed by atoms with Crippen LogP contribution in [0.4, 0.5) is 64.1 Å². The number of halogens is 12. The summed E-state index contributed by atoms with van der Waals surface area (Å²) in [4.78, 5) is 26.2. The Labute approximate surface area is 242 Å². The SMILES string of the molecule is CC.Cc1cc(C(F)(C(F)(F)F)C(F)(F)F)cc(C(F)(F)F)c1NC(=O)c1cccc(N(C)C(=O)c2ccc(F)cc2)c1F. The van der Waals surface area contributed by atoms with Gasteiger partial charge in [-0.2, -0.15) is 39.5 Å². The number of rotatable bonds is 5. The number of carbonyl (C=O) groups excluding carboxylic acids is 2. The van der Waals surface area contributed by atoms with E-state index in [1.165, 1.54) is 0 Å². The fourth-order valence-corrected chi connectivity index (χ4v) is 3.89. The maximum Gasteiger partial charge on any atom is 0.435 e. The molecule has 0 fully saturated rings. The van der Waals surface area contributed by atoms with Crippen molar-refractivity contribution in [2.45, 2.75) is 45.0 Å². The molecule has 0 aliphatic rings. The Hall–Kier alpha value is -4.24. The first-order chi connectivity index (χ1) is 20.1. The number of amides is 2. The predicted molar refractivity (Wildman–Crippen MR) is 136 cm³/mol. The van der Waals surface area contributed by atoms with Crippen LogP contribution in [-0.2, 0) is 11.8 Å². The van der Waals surface area contributed by atoms with Crippen molar-refractivity contribution < 1.29 is 62.3 Å². The van der Waals surface area contributed by atoms with E-state index in [4.69, 9.17) is 0 Å². The molecule has 0 aliphatic carbocycles. The molecule has 0 aromatic heterocycles. The summed E-state index contributed by atoms with van der Waals surface area (Å²) < 4.78 is 163. The highest BCUT2D eigenvalue weighted by atomic mass is 19.4. The van der Waals surface area contributed by atoms with Crippen molar-refractivity contribution in [1.29, 1.82) is 0 Å². The van der Waals surface area contributed by atoms with Crippen LogP contribution in [0.5, 0.6) is 0 Å². The number of alkyl halides is 10. The highest BCUT2D eigenvalue weighted by Crippen LogP contribution is 2.54. The minimum atomic E-state index is -6.72. The topological polar surface area (TPSA) is 49.4 Å². The maximum atomic E-state index is 15.3. The number of hydrogen-bond acceptors (Lipinski definition) is 2. The second-order valence-electron chi connectivity index (χ2n) is 8.83. The van der Waals surface area contributed by atoms with E-state index in [0.717, 1.165) is 49.5 Å². The van der Waals surface area contributed by atoms with Gasteiger partial charge in [-0.05, 0) is 55.0 Å². The van der Waals surface area contributed by atoms with Crippen LogP contribution in [0.3, 0.4) is 0 Å². The van der Waals surface area contributed by atoms with E-state index < -0.39 is 87.3 Å². The number of hydrogen-bond donors (Lipinski definition) is 1. The lowest BCUT2D eigenvalue weighted by atomic mass is 9.90. The van der Waals surface area contributed by atoms with Crippen molar-refractivity contribution >= 4 is 23.2 Å². The number of nitrogens with zero attached hydrogens (tertiary/aromatic N) is 1. The van der Waals surface area contributed by atoms with Gasteiger partial charge in [-0.25, -0.2) is 13.2 Å². The molecule has 240 valence electrons. The van der Waals surface area contributed by atoms with Gasteiger partial charge in [0.2, 0.25) is 0 Å². The van der Waals surface area contributed by atoms with E-state index in [1.807, 2.05) is 13.8 Å². The van der Waals surface area contributed by atoms with Gasteiger partial charge in [0.05, 0.1) is 22.5 Å². The van der Waals surface area contributed by atoms with Crippen molar-refractivity contribution in [2.24, 2.45) is 0 Å². The first kappa shape index (κ1) is 36.0. The zero-order chi connectivity index (χ0) is 34.0. The van der Waals surface area contributed by atoms with Crippen molar-refractivity contribution in [1.82, 2.24) is 0 Å². The molecule has 3 rings (SSSR count). The van der Waals surface area contributed by atoms with Crippen LogP contribution in [0.1, 0.15) is 51.3 Å². The molecule has 0 heterocycles. The quantitative estimate of drug-likeness (QED) is 0.281. The zero-order valence-electron chi connectivity index (χ0n) is 23.0. The third kappa shape index (κ3) is 6.94. The minimum Gasteiger partial charge on any atom is -0.321 e. The fourth-order valence-electron chi connectivity index (χ4n) is 3.89. The van der Waals surface area contributed by atoms with Crippen LogP contribution in [-0.4, -0.2) is 31.2 Å². The van der Waals surface area contributed by atoms with Crippen LogP contribution in [0.25, 0.3) is 0 Å². The molecule has 0 bridgehead atoms. The molecule has 0 unspecified atom stereocenters. The Morgan fingerprint density at radius 1 is 0.773 bits per heavy atom. The van der Waals surface area contributed by atoms with Crippen LogP contribution in [0.2, 0.25) is 0 Å². The van der Waals surface area contributed by atoms with Crippen LogP contribution in [0, 0.1) is 18.6 Å². The van der Waals surface area contributed by atoms with Gasteiger partial charge >= 0.3 is 24.2 Å². The third-order valence-corrected chi connectivity index (χ3v) is 6.04. The second kappa shape index (κ2) is 12.8. The summed E-state index contributed by atoms with van der Waals surface area (Å²) in [7, 11) is 1.06. The summed E-state index contributed by atoms with van der Waals surface area (Å²) in [5.41, 5.74) is -15.0. The molecule has 3 aromatic rings. The van der Waals surface area contributed by atoms with Gasteiger partial charge in [-0.1, -0.05) is 26.0 Å². The summed E-state index contributed by atoms with van der Waals surface area (Å²) in [6.07, 6.45) is -19.2. The van der Waals surface area contributed by atoms with E-state index in [-0.39, 0.29) is 11.6 Å². The molecule has 0 saturated heterocycles. The normalized spacial score (nSPS) is 12.3. The zero-order valence-corrected chi connectivity index (χ0v) is 23.0. The van der Waals surface area contributed by atoms with Gasteiger partial charge in [0, 0.05) is 18.2 Å². The molecule has 0 atom stereocenters. The maximum absolute atomic E-state index is 15.3. The van der Waals surface area contributed by atoms with Crippen LogP contribution >= 0.6 is 0 Å². The number of aryl methyl sites for hydroxylation is 1. The van der Waals surface area contributed by atoms with Gasteiger partial charge in [-0.3, -0.25) is 9.59 Å². The van der Waals surface area contributed by atoms with Crippen LogP contribution in [0.15, 0.2) is 54.6 Å². The summed E-state index contributed by atoms with van der Waals surface area (Å²) in [6.45, 7) is 4.57. The highest BCUT2D eigenvalue weighted by molar-refractivity contribution is 6.09. The van der Waals surface area contributed by atoms with Gasteiger partial charge < -0.3 is 10.2 Å². The van der Waals surface area contributed by atoms with Crippen molar-refractivity contribution in [3.8, 4) is 0 Å². The van der Waals surface area contributed by atoms with E-state index in [2.05, 4.69) is 0 Å². The van der Waals surface area contributed by atoms with E-state index in [0.29, 0.717) is 11.8 Å². The van der Waals surface area contributed by atoms with Crippen molar-refractivity contribution in [2.75, 3.05) is 17.3 Å². The number of anilines is 2. The average molecular weight is 646 g/mol. The molecule has 4 nitrogen and oxygen atoms in total. The van der Waals surface area contributed by atoms with E-state index in [9.17, 15) is 57.9 Å². The monoisotopic (exact) mass is 646 g/mol. The Morgan fingerprint density at radius 2 is 1.30 bits per heavy atom. The fraction of sp³-hybridized carbons (Fsp3) is 0.286. The molecule has 0 aliphatic heterocycles. The Balaban J connectivity index is 0.00000330. The lowest BCUT2D eigenvalue weighted by molar-refractivity contribution is -0.348. The smallest absolute Gasteiger partial charge is 0.321 e. The number of nitrogens with one attached hydrogen (secondary N) is 1. The summed E-state index contributed by atoms with van der Waals surface area (Å²) in [5, 5.41) is 1.60. The molecule has 0 spiro atoms. The standard InChI is InChI=1S/C26H16F12N2O2.C2H6/c1-12-10-14(23(29,25(33,34)35)26(36,37)38)11-17(24(30,31)32)20(12)39-21(41)16-4-3-5-18(19(16)28)40(2)22(42)13-6-8-15(27)9-7-13;1-2/h3-11H,1-2H3,(H,39,41);1-2H3. The minimum absolute atomic E-state index is 0.111. The number of carbonyl (C=O) groups is 2. The first-order valence-corrected chi connectivity index (χ1v) is 12.3. The molecule has 44 heavy (non-hydrogen) atoms. The Bertz CT molecular complexity index is 1500. The second-order valence-corrected chi connectivity index (χ2v) is 8.83. The number of benzene rings is 3. The van der Waals surface area contributed by atoms with Gasteiger partial charge in [0.1, 0.15) is 5.82 Å². The Kier molecular flexibility index (Phi) is 10.4. The largest absolute Gasteiger partial charge is 0.435 e. The highest BCUT2D eigenvalue weighted by Gasteiger charge is 2.73. The van der Waals surface area contributed by atoms with Gasteiger partial charge in [0.25, 0.3) is 11.8 Å². The molecule has 0 saturated carbocycles. The average Bonchev–Trinajstić information content (AvgIpc) is 2.92. The molecular weight excluding hydrogens is 624 g/mol. The van der Waals surface area contributed by atoms with Gasteiger partial charge in [-0.15, -0.1) is 0 Å². The summed E-state index contributed by atoms with van der Waals surface area (Å²) in [6, 6.07) is 5.87. The predicted octanol–water partition coefficient (Wildman–Crippen LogP) is 9.14. The Morgan fingerprint density at radius 3 is 1.77 bits per heavy atom. The first-order valence-electron chi connectivity index (χ1n) is 12.3. The molecule has 0 radical (unpaired) electrons. The molecule has 1 N–H and O–H groups in total. The van der Waals surface area contributed by atoms with Crippen molar-refractivity contribution in [3.63, 3.8) is 0 Å². The molecular formula is C28H22F12N2O2. The molecule has 2 amide bonds. The van der Waals surface area contributed by atoms with Gasteiger partial charge in [0.15, 0.2) is 5.82 Å². The van der Waals surface area contributed by atoms with Crippen molar-refractivity contribution in [3.05, 3.63) is 94.0 Å². The third-order valence-electron chi connectivity index (χ3n) is 6.04. The lowest BCUT2D eigenvalue weighted by Crippen LogP contribution is -2.50. The molecule has 3 aromatic carbocycles.